The van der Waals surface area contributed by atoms with Crippen molar-refractivity contribution in [1.82, 2.24) is 15.3 Å². The first-order valence-corrected chi connectivity index (χ1v) is 7.47. The van der Waals surface area contributed by atoms with E-state index >= 15 is 0 Å². The Morgan fingerprint density at radius 3 is 2.43 bits per heavy atom. The summed E-state index contributed by atoms with van der Waals surface area (Å²) in [6.45, 7) is 11.2. The fourth-order valence-corrected chi connectivity index (χ4v) is 2.25. The SMILES string of the molecule is CCN(CC(=O)NC(C)C)c1ncnc(NC)c1C(C)C. The molecule has 0 aliphatic rings. The highest BCUT2D eigenvalue weighted by Gasteiger charge is 2.20. The summed E-state index contributed by atoms with van der Waals surface area (Å²) in [7, 11) is 1.85. The van der Waals surface area contributed by atoms with Crippen molar-refractivity contribution in [1.29, 1.82) is 0 Å². The van der Waals surface area contributed by atoms with Crippen molar-refractivity contribution < 1.29 is 4.79 Å². The first-order chi connectivity index (χ1) is 9.90. The second kappa shape index (κ2) is 7.81. The van der Waals surface area contributed by atoms with E-state index in [0.29, 0.717) is 13.1 Å². The van der Waals surface area contributed by atoms with Gasteiger partial charge >= 0.3 is 0 Å². The molecule has 0 spiro atoms. The van der Waals surface area contributed by atoms with Gasteiger partial charge in [-0.15, -0.1) is 0 Å². The maximum atomic E-state index is 12.0. The molecule has 0 aromatic carbocycles. The van der Waals surface area contributed by atoms with Crippen LogP contribution in [0.15, 0.2) is 6.33 Å². The minimum Gasteiger partial charge on any atom is -0.373 e. The molecule has 1 aromatic heterocycles. The average molecular weight is 293 g/mol. The zero-order valence-corrected chi connectivity index (χ0v) is 13.9. The predicted molar refractivity (Wildman–Crippen MR) is 86.8 cm³/mol. The normalized spacial score (nSPS) is 10.9. The molecule has 0 atom stereocenters. The van der Waals surface area contributed by atoms with Crippen molar-refractivity contribution in [3.63, 3.8) is 0 Å². The highest BCUT2D eigenvalue weighted by molar-refractivity contribution is 5.81. The van der Waals surface area contributed by atoms with Gasteiger partial charge in [0.1, 0.15) is 18.0 Å². The van der Waals surface area contributed by atoms with Crippen LogP contribution in [-0.2, 0) is 4.79 Å². The zero-order chi connectivity index (χ0) is 16.0. The third kappa shape index (κ3) is 4.58. The largest absolute Gasteiger partial charge is 0.373 e. The number of nitrogens with one attached hydrogen (secondary N) is 2. The van der Waals surface area contributed by atoms with Crippen LogP contribution >= 0.6 is 0 Å². The zero-order valence-electron chi connectivity index (χ0n) is 13.9. The van der Waals surface area contributed by atoms with Gasteiger partial charge in [-0.2, -0.15) is 0 Å². The molecule has 1 heterocycles. The van der Waals surface area contributed by atoms with Crippen LogP contribution in [0.5, 0.6) is 0 Å². The highest BCUT2D eigenvalue weighted by Crippen LogP contribution is 2.30. The summed E-state index contributed by atoms with van der Waals surface area (Å²) in [4.78, 5) is 22.7. The number of likely N-dealkylation sites (N-methyl/N-ethyl adjacent to an activating group) is 1. The maximum absolute atomic E-state index is 12.0. The van der Waals surface area contributed by atoms with Crippen molar-refractivity contribution in [2.45, 2.75) is 46.6 Å². The fourth-order valence-electron chi connectivity index (χ4n) is 2.25. The summed E-state index contributed by atoms with van der Waals surface area (Å²) < 4.78 is 0. The minimum absolute atomic E-state index is 0.00572. The summed E-state index contributed by atoms with van der Waals surface area (Å²) in [5.74, 6) is 1.92. The molecular formula is C15H27N5O. The molecule has 21 heavy (non-hydrogen) atoms. The topological polar surface area (TPSA) is 70.2 Å². The number of rotatable bonds is 7. The van der Waals surface area contributed by atoms with Gasteiger partial charge in [0, 0.05) is 25.2 Å². The van der Waals surface area contributed by atoms with Crippen molar-refractivity contribution in [3.8, 4) is 0 Å². The van der Waals surface area contributed by atoms with E-state index < -0.39 is 0 Å². The van der Waals surface area contributed by atoms with Crippen LogP contribution in [0.2, 0.25) is 0 Å². The summed E-state index contributed by atoms with van der Waals surface area (Å²) in [5, 5.41) is 6.02. The quantitative estimate of drug-likeness (QED) is 0.804. The molecule has 1 rings (SSSR count). The Morgan fingerprint density at radius 1 is 1.29 bits per heavy atom. The van der Waals surface area contributed by atoms with Crippen LogP contribution in [0.1, 0.15) is 46.1 Å². The van der Waals surface area contributed by atoms with E-state index in [0.717, 1.165) is 17.2 Å². The number of hydrogen-bond acceptors (Lipinski definition) is 5. The highest BCUT2D eigenvalue weighted by atomic mass is 16.2. The number of amides is 1. The lowest BCUT2D eigenvalue weighted by molar-refractivity contribution is -0.120. The molecule has 0 aliphatic carbocycles. The van der Waals surface area contributed by atoms with Gasteiger partial charge in [-0.05, 0) is 26.7 Å². The first-order valence-electron chi connectivity index (χ1n) is 7.47. The van der Waals surface area contributed by atoms with Crippen molar-refractivity contribution in [2.75, 3.05) is 30.4 Å². The lowest BCUT2D eigenvalue weighted by atomic mass is 10.0. The Kier molecular flexibility index (Phi) is 6.39. The molecule has 0 aliphatic heterocycles. The van der Waals surface area contributed by atoms with Crippen molar-refractivity contribution in [3.05, 3.63) is 11.9 Å². The third-order valence-corrected chi connectivity index (χ3v) is 3.14. The molecule has 0 saturated heterocycles. The second-order valence-corrected chi connectivity index (χ2v) is 5.60. The van der Waals surface area contributed by atoms with Crippen LogP contribution in [0.25, 0.3) is 0 Å². The molecule has 6 heteroatoms. The molecule has 118 valence electrons. The molecule has 6 nitrogen and oxygen atoms in total. The predicted octanol–water partition coefficient (Wildman–Crippen LogP) is 1.99. The molecule has 2 N–H and O–H groups in total. The van der Waals surface area contributed by atoms with E-state index in [4.69, 9.17) is 0 Å². The molecule has 0 saturated carbocycles. The van der Waals surface area contributed by atoms with Crippen LogP contribution in [0.4, 0.5) is 11.6 Å². The van der Waals surface area contributed by atoms with Crippen LogP contribution in [0, 0.1) is 0 Å². The minimum atomic E-state index is 0.00572. The van der Waals surface area contributed by atoms with Gasteiger partial charge in [-0.25, -0.2) is 9.97 Å². The van der Waals surface area contributed by atoms with Gasteiger partial charge in [0.15, 0.2) is 0 Å². The van der Waals surface area contributed by atoms with Crippen LogP contribution in [0.3, 0.4) is 0 Å². The molecular weight excluding hydrogens is 266 g/mol. The average Bonchev–Trinajstić information content (AvgIpc) is 2.42. The summed E-state index contributed by atoms with van der Waals surface area (Å²) in [5.41, 5.74) is 1.04. The van der Waals surface area contributed by atoms with Gasteiger partial charge in [0.05, 0.1) is 6.54 Å². The molecule has 0 radical (unpaired) electrons. The van der Waals surface area contributed by atoms with Crippen molar-refractivity contribution in [2.24, 2.45) is 0 Å². The van der Waals surface area contributed by atoms with Crippen molar-refractivity contribution >= 4 is 17.5 Å². The van der Waals surface area contributed by atoms with Gasteiger partial charge < -0.3 is 15.5 Å². The number of hydrogen-bond donors (Lipinski definition) is 2. The Hall–Kier alpha value is -1.85. The molecule has 0 unspecified atom stereocenters. The molecule has 0 bridgehead atoms. The lowest BCUT2D eigenvalue weighted by Gasteiger charge is -2.26. The van der Waals surface area contributed by atoms with E-state index in [2.05, 4.69) is 34.4 Å². The van der Waals surface area contributed by atoms with E-state index in [1.165, 1.54) is 6.33 Å². The van der Waals surface area contributed by atoms with Gasteiger partial charge in [-0.3, -0.25) is 4.79 Å². The maximum Gasteiger partial charge on any atom is 0.239 e. The standard InChI is InChI=1S/C15H27N5O/c1-7-20(8-12(21)19-11(4)5)15-13(10(2)3)14(16-6)17-9-18-15/h9-11H,7-8H2,1-6H3,(H,19,21)(H,16,17,18). The number of nitrogens with zero attached hydrogens (tertiary/aromatic N) is 3. The Balaban J connectivity index is 3.08. The second-order valence-electron chi connectivity index (χ2n) is 5.60. The van der Waals surface area contributed by atoms with E-state index in [1.54, 1.807) is 0 Å². The summed E-state index contributed by atoms with van der Waals surface area (Å²) in [6, 6.07) is 0.138. The van der Waals surface area contributed by atoms with Gasteiger partial charge in [-0.1, -0.05) is 13.8 Å². The smallest absolute Gasteiger partial charge is 0.239 e. The lowest BCUT2D eigenvalue weighted by Crippen LogP contribution is -2.40. The first kappa shape index (κ1) is 17.2. The van der Waals surface area contributed by atoms with Gasteiger partial charge in [0.2, 0.25) is 5.91 Å². The monoisotopic (exact) mass is 293 g/mol. The Bertz CT molecular complexity index is 473. The molecule has 0 fully saturated rings. The van der Waals surface area contributed by atoms with E-state index in [-0.39, 0.29) is 17.9 Å². The number of carbonyl (C=O) groups is 1. The van der Waals surface area contributed by atoms with Crippen LogP contribution < -0.4 is 15.5 Å². The molecule has 1 aromatic rings. The number of anilines is 2. The molecule has 1 amide bonds. The number of aromatic nitrogens is 2. The Labute approximate surface area is 127 Å². The summed E-state index contributed by atoms with van der Waals surface area (Å²) >= 11 is 0. The van der Waals surface area contributed by atoms with Crippen LogP contribution in [-0.4, -0.2) is 42.1 Å². The van der Waals surface area contributed by atoms with E-state index in [9.17, 15) is 4.79 Å². The fraction of sp³-hybridized carbons (Fsp3) is 0.667. The number of carbonyl (C=O) groups excluding carboxylic acids is 1. The summed E-state index contributed by atoms with van der Waals surface area (Å²) in [6.07, 6.45) is 1.54. The third-order valence-electron chi connectivity index (χ3n) is 3.14. The Morgan fingerprint density at radius 2 is 1.95 bits per heavy atom. The van der Waals surface area contributed by atoms with Gasteiger partial charge in [0.25, 0.3) is 0 Å². The van der Waals surface area contributed by atoms with E-state index in [1.807, 2.05) is 32.7 Å².